The Morgan fingerprint density at radius 3 is 2.76 bits per heavy atom. The van der Waals surface area contributed by atoms with E-state index in [2.05, 4.69) is 0 Å². The van der Waals surface area contributed by atoms with Gasteiger partial charge in [0.1, 0.15) is 12.7 Å². The Bertz CT molecular complexity index is 396. The van der Waals surface area contributed by atoms with Crippen LogP contribution in [0.4, 0.5) is 5.69 Å². The van der Waals surface area contributed by atoms with E-state index in [0.29, 0.717) is 5.75 Å². The Morgan fingerprint density at radius 2 is 2.24 bits per heavy atom. The number of benzene rings is 1. The van der Waals surface area contributed by atoms with E-state index in [0.717, 1.165) is 0 Å². The standard InChI is InChI=1S/C10H14N2O5/c1-16-9-3-2-7(12(14)15)4-10(9)17-6-8(13)5-11/h2-4,8,13H,5-6,11H2,1H3. The monoisotopic (exact) mass is 242 g/mol. The van der Waals surface area contributed by atoms with Gasteiger partial charge in [0.2, 0.25) is 0 Å². The average molecular weight is 242 g/mol. The van der Waals surface area contributed by atoms with Crippen molar-refractivity contribution in [2.45, 2.75) is 6.10 Å². The first-order valence-corrected chi connectivity index (χ1v) is 4.91. The van der Waals surface area contributed by atoms with Crippen LogP contribution in [0.3, 0.4) is 0 Å². The van der Waals surface area contributed by atoms with Crippen LogP contribution in [0.15, 0.2) is 18.2 Å². The highest BCUT2D eigenvalue weighted by Gasteiger charge is 2.13. The lowest BCUT2D eigenvalue weighted by Crippen LogP contribution is -2.26. The predicted molar refractivity (Wildman–Crippen MR) is 60.2 cm³/mol. The summed E-state index contributed by atoms with van der Waals surface area (Å²) in [5, 5.41) is 19.8. The molecule has 1 aromatic rings. The molecule has 3 N–H and O–H groups in total. The summed E-state index contributed by atoms with van der Waals surface area (Å²) in [4.78, 5) is 10.1. The number of aliphatic hydroxyl groups is 1. The summed E-state index contributed by atoms with van der Waals surface area (Å²) in [5.41, 5.74) is 5.11. The van der Waals surface area contributed by atoms with Crippen LogP contribution < -0.4 is 15.2 Å². The Balaban J connectivity index is 2.86. The molecule has 7 heteroatoms. The molecule has 0 radical (unpaired) electrons. The summed E-state index contributed by atoms with van der Waals surface area (Å²) >= 11 is 0. The van der Waals surface area contributed by atoms with Crippen molar-refractivity contribution in [3.05, 3.63) is 28.3 Å². The van der Waals surface area contributed by atoms with E-state index in [-0.39, 0.29) is 24.6 Å². The van der Waals surface area contributed by atoms with Gasteiger partial charge in [0.05, 0.1) is 18.1 Å². The van der Waals surface area contributed by atoms with Gasteiger partial charge in [-0.05, 0) is 6.07 Å². The fourth-order valence-electron chi connectivity index (χ4n) is 1.15. The van der Waals surface area contributed by atoms with Crippen LogP contribution in [0.2, 0.25) is 0 Å². The van der Waals surface area contributed by atoms with Gasteiger partial charge >= 0.3 is 0 Å². The van der Waals surface area contributed by atoms with Crippen LogP contribution in [-0.2, 0) is 0 Å². The molecule has 0 spiro atoms. The molecular formula is C10H14N2O5. The van der Waals surface area contributed by atoms with Gasteiger partial charge in [-0.1, -0.05) is 0 Å². The second-order valence-electron chi connectivity index (χ2n) is 3.29. The maximum atomic E-state index is 10.6. The van der Waals surface area contributed by atoms with Crippen LogP contribution >= 0.6 is 0 Å². The summed E-state index contributed by atoms with van der Waals surface area (Å²) in [6, 6.07) is 3.98. The molecule has 1 unspecified atom stereocenters. The average Bonchev–Trinajstić information content (AvgIpc) is 2.35. The molecule has 0 aliphatic rings. The van der Waals surface area contributed by atoms with Crippen LogP contribution in [0.1, 0.15) is 0 Å². The second-order valence-corrected chi connectivity index (χ2v) is 3.29. The summed E-state index contributed by atoms with van der Waals surface area (Å²) in [5.74, 6) is 0.564. The van der Waals surface area contributed by atoms with Crippen LogP contribution in [-0.4, -0.2) is 36.4 Å². The maximum Gasteiger partial charge on any atom is 0.273 e. The highest BCUT2D eigenvalue weighted by molar-refractivity contribution is 5.48. The molecule has 17 heavy (non-hydrogen) atoms. The fourth-order valence-corrected chi connectivity index (χ4v) is 1.15. The molecule has 0 aromatic heterocycles. The number of non-ortho nitro benzene ring substituents is 1. The van der Waals surface area contributed by atoms with Gasteiger partial charge in [-0.3, -0.25) is 10.1 Å². The van der Waals surface area contributed by atoms with Crippen molar-refractivity contribution >= 4 is 5.69 Å². The van der Waals surface area contributed by atoms with E-state index < -0.39 is 11.0 Å². The summed E-state index contributed by atoms with van der Waals surface area (Å²) in [7, 11) is 1.42. The Kier molecular flexibility index (Phi) is 4.68. The SMILES string of the molecule is COc1ccc([N+](=O)[O-])cc1OCC(O)CN. The number of nitrogens with zero attached hydrogens (tertiary/aromatic N) is 1. The minimum absolute atomic E-state index is 0.0476. The number of hydrogen-bond acceptors (Lipinski definition) is 6. The van der Waals surface area contributed by atoms with E-state index in [1.807, 2.05) is 0 Å². The van der Waals surface area contributed by atoms with Crippen molar-refractivity contribution in [3.63, 3.8) is 0 Å². The smallest absolute Gasteiger partial charge is 0.273 e. The fraction of sp³-hybridized carbons (Fsp3) is 0.400. The minimum atomic E-state index is -0.820. The quantitative estimate of drug-likeness (QED) is 0.548. The molecular weight excluding hydrogens is 228 g/mol. The third kappa shape index (κ3) is 3.58. The molecule has 0 bridgehead atoms. The number of ether oxygens (including phenoxy) is 2. The van der Waals surface area contributed by atoms with Crippen molar-refractivity contribution in [2.75, 3.05) is 20.3 Å². The third-order valence-electron chi connectivity index (χ3n) is 2.06. The summed E-state index contributed by atoms with van der Waals surface area (Å²) in [6.45, 7) is 0.00523. The van der Waals surface area contributed by atoms with Crippen molar-refractivity contribution in [1.29, 1.82) is 0 Å². The molecule has 1 aromatic carbocycles. The van der Waals surface area contributed by atoms with Crippen molar-refractivity contribution < 1.29 is 19.5 Å². The summed E-state index contributed by atoms with van der Waals surface area (Å²) < 4.78 is 10.2. The lowest BCUT2D eigenvalue weighted by atomic mass is 10.3. The van der Waals surface area contributed by atoms with Crippen molar-refractivity contribution in [1.82, 2.24) is 0 Å². The van der Waals surface area contributed by atoms with E-state index in [1.165, 1.54) is 25.3 Å². The van der Waals surface area contributed by atoms with Gasteiger partial charge in [0.25, 0.3) is 5.69 Å². The molecule has 0 saturated heterocycles. The highest BCUT2D eigenvalue weighted by Crippen LogP contribution is 2.31. The molecule has 0 saturated carbocycles. The van der Waals surface area contributed by atoms with Crippen LogP contribution in [0.25, 0.3) is 0 Å². The number of nitro benzene ring substituents is 1. The molecule has 1 atom stereocenters. The number of rotatable bonds is 6. The normalized spacial score (nSPS) is 11.9. The largest absolute Gasteiger partial charge is 0.493 e. The van der Waals surface area contributed by atoms with Gasteiger partial charge in [-0.15, -0.1) is 0 Å². The lowest BCUT2D eigenvalue weighted by Gasteiger charge is -2.12. The lowest BCUT2D eigenvalue weighted by molar-refractivity contribution is -0.385. The van der Waals surface area contributed by atoms with E-state index >= 15 is 0 Å². The first-order chi connectivity index (χ1) is 8.08. The van der Waals surface area contributed by atoms with Crippen LogP contribution in [0, 0.1) is 10.1 Å². The molecule has 0 fully saturated rings. The Hall–Kier alpha value is -1.86. The first-order valence-electron chi connectivity index (χ1n) is 4.91. The molecule has 0 aliphatic carbocycles. The molecule has 0 amide bonds. The Labute approximate surface area is 97.9 Å². The number of methoxy groups -OCH3 is 1. The first kappa shape index (κ1) is 13.2. The number of nitrogens with two attached hydrogens (primary N) is 1. The molecule has 0 heterocycles. The van der Waals surface area contributed by atoms with Crippen molar-refractivity contribution in [2.24, 2.45) is 5.73 Å². The molecule has 7 nitrogen and oxygen atoms in total. The summed E-state index contributed by atoms with van der Waals surface area (Å²) in [6.07, 6.45) is -0.820. The van der Waals surface area contributed by atoms with E-state index in [1.54, 1.807) is 0 Å². The zero-order valence-electron chi connectivity index (χ0n) is 9.33. The minimum Gasteiger partial charge on any atom is -0.493 e. The van der Waals surface area contributed by atoms with Gasteiger partial charge < -0.3 is 20.3 Å². The maximum absolute atomic E-state index is 10.6. The third-order valence-corrected chi connectivity index (χ3v) is 2.06. The van der Waals surface area contributed by atoms with Crippen molar-refractivity contribution in [3.8, 4) is 11.5 Å². The molecule has 1 rings (SSSR count). The zero-order chi connectivity index (χ0) is 12.8. The predicted octanol–water partition coefficient (Wildman–Crippen LogP) is 0.302. The number of aliphatic hydroxyl groups excluding tert-OH is 1. The second kappa shape index (κ2) is 6.02. The molecule has 94 valence electrons. The molecule has 0 aliphatic heterocycles. The van der Waals surface area contributed by atoms with Gasteiger partial charge in [-0.2, -0.15) is 0 Å². The van der Waals surface area contributed by atoms with Gasteiger partial charge in [0, 0.05) is 12.6 Å². The van der Waals surface area contributed by atoms with E-state index in [9.17, 15) is 15.2 Å². The number of hydrogen-bond donors (Lipinski definition) is 2. The highest BCUT2D eigenvalue weighted by atomic mass is 16.6. The number of nitro groups is 1. The van der Waals surface area contributed by atoms with E-state index in [4.69, 9.17) is 15.2 Å². The zero-order valence-corrected chi connectivity index (χ0v) is 9.33. The van der Waals surface area contributed by atoms with Crippen LogP contribution in [0.5, 0.6) is 11.5 Å². The van der Waals surface area contributed by atoms with Gasteiger partial charge in [0.15, 0.2) is 11.5 Å². The van der Waals surface area contributed by atoms with Gasteiger partial charge in [-0.25, -0.2) is 0 Å². The Morgan fingerprint density at radius 1 is 1.53 bits per heavy atom. The topological polar surface area (TPSA) is 108 Å².